The fourth-order valence-corrected chi connectivity index (χ4v) is 1.72. The predicted octanol–water partition coefficient (Wildman–Crippen LogP) is 1.12. The molecule has 1 rings (SSSR count). The summed E-state index contributed by atoms with van der Waals surface area (Å²) in [5, 5.41) is 2.92. The van der Waals surface area contributed by atoms with E-state index in [9.17, 15) is 4.79 Å². The highest BCUT2D eigenvalue weighted by atomic mass is 16.1. The summed E-state index contributed by atoms with van der Waals surface area (Å²) in [4.78, 5) is 15.8. The fraction of sp³-hybridized carbons (Fsp3) is 0.538. The van der Waals surface area contributed by atoms with Gasteiger partial charge in [-0.2, -0.15) is 0 Å². The van der Waals surface area contributed by atoms with Gasteiger partial charge in [-0.1, -0.05) is 19.4 Å². The highest BCUT2D eigenvalue weighted by Crippen LogP contribution is 2.04. The number of carbonyl (C=O) groups excluding carboxylic acids is 1. The van der Waals surface area contributed by atoms with Crippen molar-refractivity contribution in [2.45, 2.75) is 26.2 Å². The van der Waals surface area contributed by atoms with E-state index in [0.717, 1.165) is 24.8 Å². The lowest BCUT2D eigenvalue weighted by Gasteiger charge is -2.13. The van der Waals surface area contributed by atoms with Gasteiger partial charge in [0.25, 0.3) is 0 Å². The lowest BCUT2D eigenvalue weighted by molar-refractivity contribution is -0.124. The predicted molar refractivity (Wildman–Crippen MR) is 68.4 cm³/mol. The van der Waals surface area contributed by atoms with Crippen LogP contribution in [0.2, 0.25) is 0 Å². The molecular formula is C13H21N3O. The van der Waals surface area contributed by atoms with E-state index < -0.39 is 0 Å². The molecule has 0 saturated heterocycles. The lowest BCUT2D eigenvalue weighted by Crippen LogP contribution is -2.36. The number of hydrogen-bond donors (Lipinski definition) is 2. The molecule has 94 valence electrons. The summed E-state index contributed by atoms with van der Waals surface area (Å²) in [7, 11) is 0. The molecule has 1 amide bonds. The maximum Gasteiger partial charge on any atom is 0.224 e. The van der Waals surface area contributed by atoms with Crippen LogP contribution in [0.3, 0.4) is 0 Å². The summed E-state index contributed by atoms with van der Waals surface area (Å²) in [6, 6.07) is 3.91. The first kappa shape index (κ1) is 13.6. The number of pyridine rings is 1. The SMILES string of the molecule is CCCC(CN)C(=O)NCCc1cccnc1. The number of aromatic nitrogens is 1. The van der Waals surface area contributed by atoms with Crippen LogP contribution in [0, 0.1) is 5.92 Å². The molecule has 1 unspecified atom stereocenters. The van der Waals surface area contributed by atoms with Crippen molar-refractivity contribution in [3.8, 4) is 0 Å². The van der Waals surface area contributed by atoms with Crippen molar-refractivity contribution in [1.29, 1.82) is 0 Å². The van der Waals surface area contributed by atoms with Crippen LogP contribution >= 0.6 is 0 Å². The third-order valence-corrected chi connectivity index (χ3v) is 2.73. The van der Waals surface area contributed by atoms with Gasteiger partial charge in [0.1, 0.15) is 0 Å². The summed E-state index contributed by atoms with van der Waals surface area (Å²) in [6.45, 7) is 3.13. The van der Waals surface area contributed by atoms with Gasteiger partial charge in [-0.15, -0.1) is 0 Å². The highest BCUT2D eigenvalue weighted by Gasteiger charge is 2.14. The Bertz CT molecular complexity index is 327. The largest absolute Gasteiger partial charge is 0.355 e. The number of amides is 1. The average molecular weight is 235 g/mol. The molecule has 0 radical (unpaired) electrons. The van der Waals surface area contributed by atoms with Crippen molar-refractivity contribution in [2.75, 3.05) is 13.1 Å². The minimum Gasteiger partial charge on any atom is -0.355 e. The van der Waals surface area contributed by atoms with Crippen molar-refractivity contribution >= 4 is 5.91 Å². The van der Waals surface area contributed by atoms with E-state index in [1.807, 2.05) is 18.3 Å². The number of rotatable bonds is 7. The van der Waals surface area contributed by atoms with Gasteiger partial charge >= 0.3 is 0 Å². The number of nitrogens with one attached hydrogen (secondary N) is 1. The molecule has 4 nitrogen and oxygen atoms in total. The molecule has 0 saturated carbocycles. The zero-order valence-electron chi connectivity index (χ0n) is 10.4. The normalized spacial score (nSPS) is 12.1. The highest BCUT2D eigenvalue weighted by molar-refractivity contribution is 5.78. The Morgan fingerprint density at radius 2 is 2.41 bits per heavy atom. The molecule has 17 heavy (non-hydrogen) atoms. The van der Waals surface area contributed by atoms with Gasteiger partial charge in [0, 0.05) is 25.5 Å². The van der Waals surface area contributed by atoms with Crippen LogP contribution in [0.4, 0.5) is 0 Å². The molecule has 1 heterocycles. The summed E-state index contributed by atoms with van der Waals surface area (Å²) < 4.78 is 0. The Labute approximate surface area is 103 Å². The Morgan fingerprint density at radius 1 is 1.59 bits per heavy atom. The molecule has 0 aliphatic rings. The lowest BCUT2D eigenvalue weighted by atomic mass is 10.0. The quantitative estimate of drug-likeness (QED) is 0.744. The number of nitrogens with zero attached hydrogens (tertiary/aromatic N) is 1. The molecule has 0 aromatic carbocycles. The van der Waals surface area contributed by atoms with Crippen molar-refractivity contribution in [3.05, 3.63) is 30.1 Å². The van der Waals surface area contributed by atoms with Gasteiger partial charge in [0.2, 0.25) is 5.91 Å². The zero-order valence-corrected chi connectivity index (χ0v) is 10.4. The number of hydrogen-bond acceptors (Lipinski definition) is 3. The molecule has 0 fully saturated rings. The summed E-state index contributed by atoms with van der Waals surface area (Å²) >= 11 is 0. The summed E-state index contributed by atoms with van der Waals surface area (Å²) in [5.41, 5.74) is 6.70. The number of carbonyl (C=O) groups is 1. The van der Waals surface area contributed by atoms with Gasteiger partial charge in [0.05, 0.1) is 5.92 Å². The first-order valence-corrected chi connectivity index (χ1v) is 6.14. The van der Waals surface area contributed by atoms with Crippen LogP contribution in [-0.2, 0) is 11.2 Å². The van der Waals surface area contributed by atoms with E-state index in [2.05, 4.69) is 17.2 Å². The molecule has 1 aromatic rings. The van der Waals surface area contributed by atoms with E-state index in [1.54, 1.807) is 6.20 Å². The van der Waals surface area contributed by atoms with Crippen LogP contribution in [0.5, 0.6) is 0 Å². The minimum absolute atomic E-state index is 0.0473. The smallest absolute Gasteiger partial charge is 0.224 e. The second kappa shape index (κ2) is 7.79. The second-order valence-corrected chi connectivity index (χ2v) is 4.12. The molecule has 0 aliphatic carbocycles. The Kier molecular flexibility index (Phi) is 6.25. The topological polar surface area (TPSA) is 68.0 Å². The Morgan fingerprint density at radius 3 is 3.00 bits per heavy atom. The third-order valence-electron chi connectivity index (χ3n) is 2.73. The van der Waals surface area contributed by atoms with E-state index in [4.69, 9.17) is 5.73 Å². The fourth-order valence-electron chi connectivity index (χ4n) is 1.72. The van der Waals surface area contributed by atoms with E-state index in [-0.39, 0.29) is 11.8 Å². The average Bonchev–Trinajstić information content (AvgIpc) is 2.37. The molecule has 1 atom stereocenters. The van der Waals surface area contributed by atoms with Gasteiger partial charge in [-0.25, -0.2) is 0 Å². The van der Waals surface area contributed by atoms with Gasteiger partial charge in [0.15, 0.2) is 0 Å². The molecule has 0 aliphatic heterocycles. The van der Waals surface area contributed by atoms with E-state index in [0.29, 0.717) is 13.1 Å². The van der Waals surface area contributed by atoms with Crippen molar-refractivity contribution in [1.82, 2.24) is 10.3 Å². The molecule has 0 spiro atoms. The second-order valence-electron chi connectivity index (χ2n) is 4.12. The zero-order chi connectivity index (χ0) is 12.5. The first-order chi connectivity index (χ1) is 8.27. The molecule has 1 aromatic heterocycles. The molecule has 0 bridgehead atoms. The third kappa shape index (κ3) is 4.95. The van der Waals surface area contributed by atoms with Crippen molar-refractivity contribution in [3.63, 3.8) is 0 Å². The number of nitrogens with two attached hydrogens (primary N) is 1. The van der Waals surface area contributed by atoms with Crippen molar-refractivity contribution < 1.29 is 4.79 Å². The molecule has 3 N–H and O–H groups in total. The molecule has 4 heteroatoms. The Balaban J connectivity index is 2.28. The van der Waals surface area contributed by atoms with Crippen LogP contribution in [0.15, 0.2) is 24.5 Å². The van der Waals surface area contributed by atoms with Gasteiger partial charge in [-0.05, 0) is 24.5 Å². The maximum absolute atomic E-state index is 11.7. The Hall–Kier alpha value is -1.42. The van der Waals surface area contributed by atoms with E-state index >= 15 is 0 Å². The minimum atomic E-state index is -0.0473. The van der Waals surface area contributed by atoms with Crippen LogP contribution in [0.1, 0.15) is 25.3 Å². The monoisotopic (exact) mass is 235 g/mol. The van der Waals surface area contributed by atoms with Gasteiger partial charge in [-0.3, -0.25) is 9.78 Å². The maximum atomic E-state index is 11.7. The van der Waals surface area contributed by atoms with Gasteiger partial charge < -0.3 is 11.1 Å². The van der Waals surface area contributed by atoms with Crippen LogP contribution < -0.4 is 11.1 Å². The van der Waals surface area contributed by atoms with Crippen molar-refractivity contribution in [2.24, 2.45) is 11.7 Å². The summed E-state index contributed by atoms with van der Waals surface area (Å²) in [5.74, 6) is 0.0205. The van der Waals surface area contributed by atoms with Crippen LogP contribution in [-0.4, -0.2) is 24.0 Å². The van der Waals surface area contributed by atoms with Crippen LogP contribution in [0.25, 0.3) is 0 Å². The standard InChI is InChI=1S/C13H21N3O/c1-2-4-12(9-14)13(17)16-8-6-11-5-3-7-15-10-11/h3,5,7,10,12H,2,4,6,8-9,14H2,1H3,(H,16,17). The van der Waals surface area contributed by atoms with E-state index in [1.165, 1.54) is 0 Å². The first-order valence-electron chi connectivity index (χ1n) is 6.14. The summed E-state index contributed by atoms with van der Waals surface area (Å²) in [6.07, 6.45) is 6.21. The molecular weight excluding hydrogens is 214 g/mol.